The highest BCUT2D eigenvalue weighted by molar-refractivity contribution is 14.0. The van der Waals surface area contributed by atoms with Gasteiger partial charge in [0.2, 0.25) is 0 Å². The van der Waals surface area contributed by atoms with Crippen molar-refractivity contribution in [3.63, 3.8) is 0 Å². The van der Waals surface area contributed by atoms with Crippen molar-refractivity contribution < 1.29 is 22.7 Å². The average molecular weight is 572 g/mol. The molecule has 1 aliphatic heterocycles. The normalized spacial score (nSPS) is 15.0. The third-order valence-electron chi connectivity index (χ3n) is 4.71. The number of alkyl halides is 3. The Labute approximate surface area is 203 Å². The second-order valence-electron chi connectivity index (χ2n) is 7.08. The lowest BCUT2D eigenvalue weighted by Gasteiger charge is -2.32. The van der Waals surface area contributed by atoms with E-state index in [9.17, 15) is 18.0 Å². The molecule has 0 bridgehead atoms. The van der Waals surface area contributed by atoms with Gasteiger partial charge >= 0.3 is 12.3 Å². The van der Waals surface area contributed by atoms with Crippen molar-refractivity contribution in [1.29, 1.82) is 0 Å². The first kappa shape index (κ1) is 28.0. The molecule has 2 heterocycles. The number of hydrogen-bond acceptors (Lipinski definition) is 5. The van der Waals surface area contributed by atoms with E-state index in [4.69, 9.17) is 4.74 Å². The molecule has 3 N–H and O–H groups in total. The van der Waals surface area contributed by atoms with E-state index >= 15 is 0 Å². The molecular weight excluding hydrogens is 540 g/mol. The number of nitrogens with zero attached hydrogens (tertiary/aromatic N) is 3. The predicted octanol–water partition coefficient (Wildman–Crippen LogP) is 3.70. The van der Waals surface area contributed by atoms with E-state index in [1.807, 2.05) is 6.92 Å². The summed E-state index contributed by atoms with van der Waals surface area (Å²) in [5.41, 5.74) is -0.767. The Bertz CT molecular complexity index is 710. The van der Waals surface area contributed by atoms with Crippen LogP contribution in [0.4, 0.5) is 23.8 Å². The zero-order valence-corrected chi connectivity index (χ0v) is 20.7. The van der Waals surface area contributed by atoms with Gasteiger partial charge in [-0.1, -0.05) is 0 Å². The quantitative estimate of drug-likeness (QED) is 0.191. The van der Waals surface area contributed by atoms with Gasteiger partial charge in [-0.3, -0.25) is 4.99 Å². The molecule has 0 atom stereocenters. The summed E-state index contributed by atoms with van der Waals surface area (Å²) >= 11 is 0. The first-order valence-electron chi connectivity index (χ1n) is 10.6. The highest BCUT2D eigenvalue weighted by atomic mass is 127. The molecule has 1 saturated heterocycles. The molecule has 1 aromatic heterocycles. The summed E-state index contributed by atoms with van der Waals surface area (Å²) in [6.07, 6.45) is -1.52. The lowest BCUT2D eigenvalue weighted by molar-refractivity contribution is -0.137. The van der Waals surface area contributed by atoms with E-state index < -0.39 is 11.7 Å². The summed E-state index contributed by atoms with van der Waals surface area (Å²) in [7, 11) is 0. The largest absolute Gasteiger partial charge is 0.450 e. The minimum absolute atomic E-state index is 0. The number of aromatic nitrogens is 1. The molecule has 0 radical (unpaired) electrons. The summed E-state index contributed by atoms with van der Waals surface area (Å²) < 4.78 is 42.7. The van der Waals surface area contributed by atoms with Crippen LogP contribution in [0.15, 0.2) is 23.3 Å². The van der Waals surface area contributed by atoms with Crippen LogP contribution in [0.5, 0.6) is 0 Å². The summed E-state index contributed by atoms with van der Waals surface area (Å²) in [6.45, 7) is 7.24. The average Bonchev–Trinajstić information content (AvgIpc) is 2.74. The van der Waals surface area contributed by atoms with Crippen LogP contribution in [0, 0.1) is 0 Å². The molecule has 1 aliphatic rings. The Morgan fingerprint density at radius 2 is 2.00 bits per heavy atom. The minimum atomic E-state index is -4.38. The first-order valence-corrected chi connectivity index (χ1v) is 10.6. The number of carbonyl (C=O) groups is 1. The number of pyridine rings is 1. The number of likely N-dealkylation sites (tertiary alicyclic amines) is 1. The maximum atomic E-state index is 12.6. The molecule has 0 aliphatic carbocycles. The van der Waals surface area contributed by atoms with Crippen LogP contribution in [0.2, 0.25) is 0 Å². The fraction of sp³-hybridized carbons (Fsp3) is 0.650. The van der Waals surface area contributed by atoms with Crippen molar-refractivity contribution in [2.24, 2.45) is 4.99 Å². The third-order valence-corrected chi connectivity index (χ3v) is 4.71. The topological polar surface area (TPSA) is 90.9 Å². The summed E-state index contributed by atoms with van der Waals surface area (Å²) in [5.74, 6) is 1.11. The molecule has 1 amide bonds. The highest BCUT2D eigenvalue weighted by Gasteiger charge is 2.30. The molecular formula is C20H32F3IN6O2. The van der Waals surface area contributed by atoms with Gasteiger partial charge in [0, 0.05) is 45.0 Å². The number of anilines is 1. The Morgan fingerprint density at radius 1 is 1.28 bits per heavy atom. The van der Waals surface area contributed by atoms with Crippen molar-refractivity contribution in [3.8, 4) is 0 Å². The fourth-order valence-corrected chi connectivity index (χ4v) is 3.09. The molecule has 8 nitrogen and oxygen atoms in total. The molecule has 0 saturated carbocycles. The summed E-state index contributed by atoms with van der Waals surface area (Å²) in [6, 6.07) is 2.55. The molecule has 1 fully saturated rings. The van der Waals surface area contributed by atoms with Crippen LogP contribution in [-0.2, 0) is 10.9 Å². The Morgan fingerprint density at radius 3 is 2.56 bits per heavy atom. The minimum Gasteiger partial charge on any atom is -0.450 e. The van der Waals surface area contributed by atoms with Gasteiger partial charge in [-0.15, -0.1) is 24.0 Å². The molecule has 2 rings (SSSR count). The van der Waals surface area contributed by atoms with Crippen LogP contribution < -0.4 is 16.0 Å². The van der Waals surface area contributed by atoms with Gasteiger partial charge in [0.25, 0.3) is 0 Å². The number of rotatable bonds is 8. The van der Waals surface area contributed by atoms with Gasteiger partial charge in [-0.25, -0.2) is 9.78 Å². The van der Waals surface area contributed by atoms with Gasteiger partial charge in [0.15, 0.2) is 5.96 Å². The summed E-state index contributed by atoms with van der Waals surface area (Å²) in [4.78, 5) is 21.8. The molecule has 0 unspecified atom stereocenters. The number of aliphatic imine (C=N–C) groups is 1. The number of hydrogen-bond donors (Lipinski definition) is 3. The van der Waals surface area contributed by atoms with Gasteiger partial charge in [-0.2, -0.15) is 13.2 Å². The number of nitrogens with one attached hydrogen (secondary N) is 3. The maximum Gasteiger partial charge on any atom is 0.417 e. The number of guanidine groups is 1. The first-order chi connectivity index (χ1) is 14.8. The molecule has 0 spiro atoms. The van der Waals surface area contributed by atoms with E-state index in [0.29, 0.717) is 51.0 Å². The van der Waals surface area contributed by atoms with Crippen molar-refractivity contribution in [3.05, 3.63) is 23.9 Å². The van der Waals surface area contributed by atoms with Crippen molar-refractivity contribution in [2.45, 2.75) is 45.3 Å². The smallest absolute Gasteiger partial charge is 0.417 e. The van der Waals surface area contributed by atoms with Gasteiger partial charge in [0.1, 0.15) is 5.82 Å². The number of ether oxygens (including phenoxy) is 1. The zero-order valence-electron chi connectivity index (χ0n) is 18.4. The van der Waals surface area contributed by atoms with Gasteiger partial charge < -0.3 is 25.6 Å². The molecule has 12 heteroatoms. The summed E-state index contributed by atoms with van der Waals surface area (Å²) in [5, 5.41) is 9.60. The second kappa shape index (κ2) is 14.2. The monoisotopic (exact) mass is 572 g/mol. The number of piperidine rings is 1. The van der Waals surface area contributed by atoms with Crippen molar-refractivity contribution in [1.82, 2.24) is 20.5 Å². The van der Waals surface area contributed by atoms with Crippen LogP contribution in [0.1, 0.15) is 38.7 Å². The third kappa shape index (κ3) is 9.65. The van der Waals surface area contributed by atoms with E-state index in [2.05, 4.69) is 25.9 Å². The lowest BCUT2D eigenvalue weighted by Crippen LogP contribution is -2.50. The lowest BCUT2D eigenvalue weighted by atomic mass is 10.1. The molecule has 0 aromatic carbocycles. The molecule has 1 aromatic rings. The standard InChI is InChI=1S/C20H31F3N6O2.HI/c1-3-24-18(28-16-8-12-29(13-9-16)19(30)31-4-2)26-11-5-10-25-17-7-6-15(14-27-17)20(21,22)23;/h6-7,14,16H,3-5,8-13H2,1-2H3,(H,25,27)(H2,24,26,28);1H. The zero-order chi connectivity index (χ0) is 22.7. The van der Waals surface area contributed by atoms with E-state index in [1.54, 1.807) is 11.8 Å². The number of amides is 1. The van der Waals surface area contributed by atoms with Crippen LogP contribution in [-0.4, -0.2) is 67.3 Å². The molecule has 32 heavy (non-hydrogen) atoms. The fourth-order valence-electron chi connectivity index (χ4n) is 3.09. The van der Waals surface area contributed by atoms with Gasteiger partial charge in [0.05, 0.1) is 12.2 Å². The van der Waals surface area contributed by atoms with Crippen molar-refractivity contribution >= 4 is 41.8 Å². The van der Waals surface area contributed by atoms with E-state index in [-0.39, 0.29) is 36.1 Å². The SMILES string of the molecule is CCNC(=NCCCNc1ccc(C(F)(F)F)cn1)NC1CCN(C(=O)OCC)CC1.I. The van der Waals surface area contributed by atoms with Crippen LogP contribution in [0.25, 0.3) is 0 Å². The van der Waals surface area contributed by atoms with E-state index in [0.717, 1.165) is 31.6 Å². The predicted molar refractivity (Wildman–Crippen MR) is 128 cm³/mol. The number of halogens is 4. The van der Waals surface area contributed by atoms with Crippen LogP contribution >= 0.6 is 24.0 Å². The van der Waals surface area contributed by atoms with Crippen molar-refractivity contribution in [2.75, 3.05) is 44.6 Å². The van der Waals surface area contributed by atoms with Gasteiger partial charge in [-0.05, 0) is 45.2 Å². The van der Waals surface area contributed by atoms with E-state index in [1.165, 1.54) is 6.07 Å². The van der Waals surface area contributed by atoms with Crippen LogP contribution in [0.3, 0.4) is 0 Å². The number of carbonyl (C=O) groups excluding carboxylic acids is 1. The Hall–Kier alpha value is -1.99. The second-order valence-corrected chi connectivity index (χ2v) is 7.08. The highest BCUT2D eigenvalue weighted by Crippen LogP contribution is 2.28. The Balaban J connectivity index is 0.00000512. The Kier molecular flexibility index (Phi) is 12.5. The maximum absolute atomic E-state index is 12.6. The molecule has 182 valence electrons.